The summed E-state index contributed by atoms with van der Waals surface area (Å²) in [5.74, 6) is 0.679. The fraction of sp³-hybridized carbons (Fsp3) is 0.667. The lowest BCUT2D eigenvalue weighted by Gasteiger charge is -2.34. The van der Waals surface area contributed by atoms with Gasteiger partial charge >= 0.3 is 0 Å². The summed E-state index contributed by atoms with van der Waals surface area (Å²) in [5.41, 5.74) is 1.73. The highest BCUT2D eigenvalue weighted by Crippen LogP contribution is 2.13. The first-order valence-electron chi connectivity index (χ1n) is 11.6. The number of hydrogen-bond donors (Lipinski definition) is 2. The van der Waals surface area contributed by atoms with Crippen molar-refractivity contribution in [2.75, 3.05) is 52.4 Å². The molecule has 2 aliphatic heterocycles. The zero-order valence-electron chi connectivity index (χ0n) is 19.2. The number of likely N-dealkylation sites (tertiary alicyclic amines) is 1. The van der Waals surface area contributed by atoms with Gasteiger partial charge in [-0.15, -0.1) is 0 Å². The minimum Gasteiger partial charge on any atom is -0.374 e. The number of morpholine rings is 1. The number of nitrogens with one attached hydrogen (secondary N) is 2. The van der Waals surface area contributed by atoms with Gasteiger partial charge in [-0.2, -0.15) is 0 Å². The molecular formula is C24H38N4O3. The van der Waals surface area contributed by atoms with Crippen molar-refractivity contribution in [1.82, 2.24) is 20.4 Å². The lowest BCUT2D eigenvalue weighted by molar-refractivity contribution is -0.123. The molecule has 0 saturated carbocycles. The van der Waals surface area contributed by atoms with E-state index in [4.69, 9.17) is 4.74 Å². The van der Waals surface area contributed by atoms with Crippen molar-refractivity contribution in [3.05, 3.63) is 35.4 Å². The average molecular weight is 431 g/mol. The second-order valence-electron chi connectivity index (χ2n) is 9.29. The van der Waals surface area contributed by atoms with Crippen molar-refractivity contribution in [3.8, 4) is 0 Å². The molecule has 2 amide bonds. The first kappa shape index (κ1) is 23.7. The summed E-state index contributed by atoms with van der Waals surface area (Å²) >= 11 is 0. The van der Waals surface area contributed by atoms with Gasteiger partial charge < -0.3 is 15.4 Å². The molecule has 7 nitrogen and oxygen atoms in total. The summed E-state index contributed by atoms with van der Waals surface area (Å²) in [4.78, 5) is 29.5. The van der Waals surface area contributed by atoms with Crippen molar-refractivity contribution >= 4 is 11.8 Å². The van der Waals surface area contributed by atoms with E-state index in [2.05, 4.69) is 34.3 Å². The van der Waals surface area contributed by atoms with E-state index >= 15 is 0 Å². The highest BCUT2D eigenvalue weighted by molar-refractivity contribution is 5.95. The number of carbonyl (C=O) groups is 2. The molecule has 1 aromatic carbocycles. The fourth-order valence-electron chi connectivity index (χ4n) is 4.40. The highest BCUT2D eigenvalue weighted by atomic mass is 16.5. The number of rotatable bonds is 8. The molecule has 2 N–H and O–H groups in total. The van der Waals surface area contributed by atoms with Crippen LogP contribution in [0.2, 0.25) is 0 Å². The molecule has 0 bridgehead atoms. The Kier molecular flexibility index (Phi) is 8.87. The Morgan fingerprint density at radius 3 is 2.58 bits per heavy atom. The van der Waals surface area contributed by atoms with Crippen LogP contribution < -0.4 is 10.6 Å². The van der Waals surface area contributed by atoms with Crippen LogP contribution in [0.15, 0.2) is 24.3 Å². The van der Waals surface area contributed by atoms with Crippen LogP contribution in [0, 0.1) is 12.8 Å². The Labute approximate surface area is 186 Å². The number of aryl methyl sites for hydroxylation is 1. The molecule has 2 saturated heterocycles. The molecule has 31 heavy (non-hydrogen) atoms. The summed E-state index contributed by atoms with van der Waals surface area (Å²) < 4.78 is 5.82. The van der Waals surface area contributed by atoms with E-state index in [1.54, 1.807) is 0 Å². The van der Waals surface area contributed by atoms with Crippen molar-refractivity contribution < 1.29 is 14.3 Å². The largest absolute Gasteiger partial charge is 0.374 e. The lowest BCUT2D eigenvalue weighted by Crippen LogP contribution is -2.50. The number of piperidine rings is 1. The molecule has 7 heteroatoms. The number of carbonyl (C=O) groups excluding carboxylic acids is 2. The first-order valence-corrected chi connectivity index (χ1v) is 11.6. The quantitative estimate of drug-likeness (QED) is 0.656. The van der Waals surface area contributed by atoms with Crippen LogP contribution in [0.4, 0.5) is 0 Å². The minimum absolute atomic E-state index is 0.00622. The molecule has 1 atom stereocenters. The third-order valence-corrected chi connectivity index (χ3v) is 6.05. The molecule has 2 heterocycles. The normalized spacial score (nSPS) is 21.2. The second kappa shape index (κ2) is 11.6. The Balaban J connectivity index is 1.33. The predicted molar refractivity (Wildman–Crippen MR) is 122 cm³/mol. The van der Waals surface area contributed by atoms with Gasteiger partial charge in [0.1, 0.15) is 0 Å². The molecular weight excluding hydrogens is 392 g/mol. The Bertz CT molecular complexity index is 731. The van der Waals surface area contributed by atoms with Gasteiger partial charge in [0.2, 0.25) is 5.91 Å². The smallest absolute Gasteiger partial charge is 0.251 e. The Morgan fingerprint density at radius 2 is 1.87 bits per heavy atom. The van der Waals surface area contributed by atoms with Crippen LogP contribution >= 0.6 is 0 Å². The molecule has 2 fully saturated rings. The number of ether oxygens (including phenoxy) is 1. The molecule has 1 unspecified atom stereocenters. The fourth-order valence-corrected chi connectivity index (χ4v) is 4.40. The zero-order chi connectivity index (χ0) is 22.2. The van der Waals surface area contributed by atoms with Crippen LogP contribution in [-0.2, 0) is 9.53 Å². The van der Waals surface area contributed by atoms with Gasteiger partial charge in [0, 0.05) is 50.9 Å². The van der Waals surface area contributed by atoms with Gasteiger partial charge in [-0.25, -0.2) is 0 Å². The van der Waals surface area contributed by atoms with Gasteiger partial charge in [-0.05, 0) is 37.3 Å². The summed E-state index contributed by atoms with van der Waals surface area (Å²) in [6.45, 7) is 12.7. The number of amides is 2. The summed E-state index contributed by atoms with van der Waals surface area (Å²) in [6.07, 6.45) is 1.79. The SMILES string of the molecule is Cc1ccccc1C(=O)NC1CCN(CC(=O)NCC2CN(CC(C)C)CCO2)CC1. The maximum absolute atomic E-state index is 12.5. The topological polar surface area (TPSA) is 73.9 Å². The van der Waals surface area contributed by atoms with Gasteiger partial charge in [0.15, 0.2) is 0 Å². The number of hydrogen-bond acceptors (Lipinski definition) is 5. The van der Waals surface area contributed by atoms with Crippen LogP contribution in [0.25, 0.3) is 0 Å². The third kappa shape index (κ3) is 7.59. The van der Waals surface area contributed by atoms with Crippen molar-refractivity contribution in [3.63, 3.8) is 0 Å². The van der Waals surface area contributed by atoms with Gasteiger partial charge in [-0.1, -0.05) is 32.0 Å². The Hall–Kier alpha value is -1.96. The van der Waals surface area contributed by atoms with Gasteiger partial charge in [-0.3, -0.25) is 19.4 Å². The van der Waals surface area contributed by atoms with Crippen LogP contribution in [-0.4, -0.2) is 86.2 Å². The minimum atomic E-state index is -0.00622. The summed E-state index contributed by atoms with van der Waals surface area (Å²) in [6, 6.07) is 7.81. The second-order valence-corrected chi connectivity index (χ2v) is 9.29. The van der Waals surface area contributed by atoms with Crippen molar-refractivity contribution in [1.29, 1.82) is 0 Å². The van der Waals surface area contributed by atoms with Gasteiger partial charge in [0.25, 0.3) is 5.91 Å². The van der Waals surface area contributed by atoms with E-state index in [-0.39, 0.29) is 24.0 Å². The molecule has 3 rings (SSSR count). The first-order chi connectivity index (χ1) is 14.9. The summed E-state index contributed by atoms with van der Waals surface area (Å²) in [7, 11) is 0. The predicted octanol–water partition coefficient (Wildman–Crippen LogP) is 1.66. The van der Waals surface area contributed by atoms with E-state index in [9.17, 15) is 9.59 Å². The van der Waals surface area contributed by atoms with Crippen LogP contribution in [0.5, 0.6) is 0 Å². The van der Waals surface area contributed by atoms with E-state index in [1.807, 2.05) is 31.2 Å². The summed E-state index contributed by atoms with van der Waals surface area (Å²) in [5, 5.41) is 6.19. The van der Waals surface area contributed by atoms with Crippen molar-refractivity contribution in [2.45, 2.75) is 45.8 Å². The maximum atomic E-state index is 12.5. The third-order valence-electron chi connectivity index (χ3n) is 6.05. The number of nitrogens with zero attached hydrogens (tertiary/aromatic N) is 2. The molecule has 0 aromatic heterocycles. The van der Waals surface area contributed by atoms with E-state index in [1.165, 1.54) is 0 Å². The lowest BCUT2D eigenvalue weighted by atomic mass is 10.0. The van der Waals surface area contributed by atoms with E-state index < -0.39 is 0 Å². The molecule has 1 aromatic rings. The zero-order valence-corrected chi connectivity index (χ0v) is 19.2. The standard InChI is InChI=1S/C24H38N4O3/c1-18(2)15-28-12-13-31-21(16-28)14-25-23(29)17-27-10-8-20(9-11-27)26-24(30)22-7-5-4-6-19(22)3/h4-7,18,20-21H,8-17H2,1-3H3,(H,25,29)(H,26,30). The van der Waals surface area contributed by atoms with Crippen LogP contribution in [0.1, 0.15) is 42.6 Å². The number of benzene rings is 1. The maximum Gasteiger partial charge on any atom is 0.251 e. The monoisotopic (exact) mass is 430 g/mol. The molecule has 2 aliphatic rings. The molecule has 0 spiro atoms. The average Bonchev–Trinajstić information content (AvgIpc) is 2.74. The highest BCUT2D eigenvalue weighted by Gasteiger charge is 2.24. The van der Waals surface area contributed by atoms with E-state index in [0.29, 0.717) is 19.0 Å². The molecule has 172 valence electrons. The van der Waals surface area contributed by atoms with E-state index in [0.717, 1.165) is 63.3 Å². The molecule has 0 aliphatic carbocycles. The van der Waals surface area contributed by atoms with Gasteiger partial charge in [0.05, 0.1) is 19.3 Å². The Morgan fingerprint density at radius 1 is 1.13 bits per heavy atom. The van der Waals surface area contributed by atoms with Crippen LogP contribution in [0.3, 0.4) is 0 Å². The molecule has 0 radical (unpaired) electrons. The van der Waals surface area contributed by atoms with Crippen molar-refractivity contribution in [2.24, 2.45) is 5.92 Å².